The summed E-state index contributed by atoms with van der Waals surface area (Å²) < 4.78 is 3.03. The summed E-state index contributed by atoms with van der Waals surface area (Å²) >= 11 is 3.94. The lowest BCUT2D eigenvalue weighted by molar-refractivity contribution is 1.45. The van der Waals surface area contributed by atoms with Gasteiger partial charge < -0.3 is 0 Å². The van der Waals surface area contributed by atoms with Crippen molar-refractivity contribution in [3.63, 3.8) is 0 Å². The van der Waals surface area contributed by atoms with Crippen LogP contribution in [0, 0.1) is 0 Å². The fourth-order valence-corrected chi connectivity index (χ4v) is 8.50. The van der Waals surface area contributed by atoms with Crippen LogP contribution in [0.15, 0.2) is 76.5 Å². The Morgan fingerprint density at radius 1 is 0.792 bits per heavy atom. The van der Waals surface area contributed by atoms with Gasteiger partial charge in [-0.25, -0.2) is 0 Å². The highest BCUT2D eigenvalue weighted by Gasteiger charge is 2.25. The van der Waals surface area contributed by atoms with Crippen molar-refractivity contribution in [3.8, 4) is 0 Å². The molecule has 0 amide bonds. The van der Waals surface area contributed by atoms with E-state index >= 15 is 0 Å². The average Bonchev–Trinajstić information content (AvgIpc) is 2.92. The molecule has 0 fully saturated rings. The molecule has 0 nitrogen and oxygen atoms in total. The van der Waals surface area contributed by atoms with E-state index < -0.39 is 8.07 Å². The molecule has 4 rings (SSSR count). The quantitative estimate of drug-likeness (QED) is 0.362. The number of hydrogen-bond donors (Lipinski definition) is 0. The molecule has 0 bridgehead atoms. The molecule has 0 radical (unpaired) electrons. The molecule has 0 spiro atoms. The molecule has 0 atom stereocenters. The highest BCUT2D eigenvalue weighted by atomic mass is 32.2. The van der Waals surface area contributed by atoms with Crippen molar-refractivity contribution in [2.75, 3.05) is 0 Å². The predicted molar refractivity (Wildman–Crippen MR) is 113 cm³/mol. The Morgan fingerprint density at radius 2 is 1.42 bits per heavy atom. The highest BCUT2D eigenvalue weighted by molar-refractivity contribution is 8.00. The average molecular weight is 365 g/mol. The second-order valence-corrected chi connectivity index (χ2v) is 14.6. The summed E-state index contributed by atoms with van der Waals surface area (Å²) in [4.78, 5) is 2.80. The number of hydrogen-bond acceptors (Lipinski definition) is 2. The van der Waals surface area contributed by atoms with Crippen LogP contribution in [0.1, 0.15) is 0 Å². The highest BCUT2D eigenvalue weighted by Crippen LogP contribution is 2.39. The Hall–Kier alpha value is -1.55. The lowest BCUT2D eigenvalue weighted by atomic mass is 10.1. The van der Waals surface area contributed by atoms with E-state index in [2.05, 4.69) is 86.4 Å². The normalized spacial score (nSPS) is 12.1. The van der Waals surface area contributed by atoms with Gasteiger partial charge in [0.25, 0.3) is 0 Å². The Kier molecular flexibility index (Phi) is 4.03. The van der Waals surface area contributed by atoms with Crippen molar-refractivity contribution in [1.82, 2.24) is 0 Å². The smallest absolute Gasteiger partial charge is 0.0919 e. The van der Waals surface area contributed by atoms with Crippen molar-refractivity contribution in [1.29, 1.82) is 0 Å². The van der Waals surface area contributed by atoms with Gasteiger partial charge in [0, 0.05) is 24.4 Å². The summed E-state index contributed by atoms with van der Waals surface area (Å²) in [5.74, 6) is 0. The van der Waals surface area contributed by atoms with E-state index in [1.807, 2.05) is 23.1 Å². The van der Waals surface area contributed by atoms with Crippen LogP contribution in [0.5, 0.6) is 0 Å². The zero-order valence-electron chi connectivity index (χ0n) is 14.2. The Morgan fingerprint density at radius 3 is 2.08 bits per heavy atom. The van der Waals surface area contributed by atoms with Crippen molar-refractivity contribution >= 4 is 56.5 Å². The minimum Gasteiger partial charge on any atom is -0.144 e. The number of benzene rings is 3. The first-order valence-corrected chi connectivity index (χ1v) is 13.3. The summed E-state index contributed by atoms with van der Waals surface area (Å²) in [6.07, 6.45) is 0. The van der Waals surface area contributed by atoms with Gasteiger partial charge in [-0.2, -0.15) is 0 Å². The molecule has 120 valence electrons. The molecular formula is C21H20S2Si. The van der Waals surface area contributed by atoms with Gasteiger partial charge in [0.15, 0.2) is 0 Å². The van der Waals surface area contributed by atoms with Gasteiger partial charge in [-0.3, -0.25) is 0 Å². The van der Waals surface area contributed by atoms with Crippen molar-refractivity contribution in [2.45, 2.75) is 29.4 Å². The molecule has 1 aromatic heterocycles. The van der Waals surface area contributed by atoms with Crippen LogP contribution in [-0.4, -0.2) is 8.07 Å². The van der Waals surface area contributed by atoms with Crippen LogP contribution in [-0.2, 0) is 0 Å². The molecular weight excluding hydrogens is 344 g/mol. The second-order valence-electron chi connectivity index (χ2n) is 7.12. The molecule has 0 unspecified atom stereocenters. The van der Waals surface area contributed by atoms with Crippen LogP contribution >= 0.6 is 23.1 Å². The van der Waals surface area contributed by atoms with Gasteiger partial charge in [-0.1, -0.05) is 73.9 Å². The maximum atomic E-state index is 2.45. The summed E-state index contributed by atoms with van der Waals surface area (Å²) in [5.41, 5.74) is 0. The Balaban J connectivity index is 1.98. The lowest BCUT2D eigenvalue weighted by Gasteiger charge is -2.16. The van der Waals surface area contributed by atoms with E-state index in [1.165, 1.54) is 30.6 Å². The van der Waals surface area contributed by atoms with E-state index in [4.69, 9.17) is 0 Å². The fraction of sp³-hybridized carbons (Fsp3) is 0.143. The maximum absolute atomic E-state index is 2.45. The zero-order valence-corrected chi connectivity index (χ0v) is 16.8. The van der Waals surface area contributed by atoms with E-state index in [0.29, 0.717) is 0 Å². The topological polar surface area (TPSA) is 0 Å². The third-order valence-electron chi connectivity index (χ3n) is 4.16. The van der Waals surface area contributed by atoms with Crippen LogP contribution in [0.3, 0.4) is 0 Å². The molecule has 0 aliphatic carbocycles. The largest absolute Gasteiger partial charge is 0.144 e. The predicted octanol–water partition coefficient (Wildman–Crippen LogP) is 6.75. The van der Waals surface area contributed by atoms with E-state index in [9.17, 15) is 0 Å². The molecule has 0 saturated carbocycles. The van der Waals surface area contributed by atoms with E-state index in [-0.39, 0.29) is 0 Å². The monoisotopic (exact) mass is 364 g/mol. The van der Waals surface area contributed by atoms with Gasteiger partial charge in [-0.15, -0.1) is 11.3 Å². The first-order chi connectivity index (χ1) is 11.5. The zero-order chi connectivity index (χ0) is 16.7. The molecule has 0 N–H and O–H groups in total. The summed E-state index contributed by atoms with van der Waals surface area (Å²) in [6, 6.07) is 24.2. The minimum atomic E-state index is -1.39. The molecule has 0 saturated heterocycles. The fourth-order valence-electron chi connectivity index (χ4n) is 2.96. The lowest BCUT2D eigenvalue weighted by Crippen LogP contribution is -2.36. The van der Waals surface area contributed by atoms with Gasteiger partial charge in [0.2, 0.25) is 0 Å². The summed E-state index contributed by atoms with van der Waals surface area (Å²) in [7, 11) is -1.39. The third kappa shape index (κ3) is 2.92. The van der Waals surface area contributed by atoms with Crippen molar-refractivity contribution in [2.24, 2.45) is 0 Å². The van der Waals surface area contributed by atoms with Gasteiger partial charge in [0.1, 0.15) is 0 Å². The summed E-state index contributed by atoms with van der Waals surface area (Å²) in [5, 5.41) is 4.09. The number of thiophene rings is 1. The van der Waals surface area contributed by atoms with Gasteiger partial charge in [0.05, 0.1) is 8.07 Å². The van der Waals surface area contributed by atoms with Crippen LogP contribution in [0.4, 0.5) is 0 Å². The Labute approximate surface area is 152 Å². The first-order valence-electron chi connectivity index (χ1n) is 8.21. The molecule has 3 aromatic carbocycles. The molecule has 4 aromatic rings. The van der Waals surface area contributed by atoms with Crippen LogP contribution < -0.4 is 4.50 Å². The van der Waals surface area contributed by atoms with Crippen LogP contribution in [0.25, 0.3) is 20.9 Å². The van der Waals surface area contributed by atoms with Gasteiger partial charge in [-0.05, 0) is 35.0 Å². The summed E-state index contributed by atoms with van der Waals surface area (Å²) in [6.45, 7) is 7.35. The molecule has 0 aliphatic heterocycles. The molecule has 1 heterocycles. The SMILES string of the molecule is C[Si](C)(C)c1sc2cc3ccccc3cc2c1Sc1ccccc1. The third-order valence-corrected chi connectivity index (χ3v) is 10.3. The molecule has 0 aliphatic rings. The maximum Gasteiger partial charge on any atom is 0.0919 e. The Bertz CT molecular complexity index is 1010. The van der Waals surface area contributed by atoms with E-state index in [1.54, 1.807) is 4.50 Å². The minimum absolute atomic E-state index is 1.32. The van der Waals surface area contributed by atoms with Crippen molar-refractivity contribution in [3.05, 3.63) is 66.7 Å². The number of fused-ring (bicyclic) bond motifs is 2. The van der Waals surface area contributed by atoms with Crippen LogP contribution in [0.2, 0.25) is 19.6 Å². The number of rotatable bonds is 3. The second kappa shape index (κ2) is 6.07. The molecule has 3 heteroatoms. The van der Waals surface area contributed by atoms with Crippen molar-refractivity contribution < 1.29 is 0 Å². The molecule has 24 heavy (non-hydrogen) atoms. The first kappa shape index (κ1) is 15.9. The van der Waals surface area contributed by atoms with Gasteiger partial charge >= 0.3 is 0 Å². The van der Waals surface area contributed by atoms with E-state index in [0.717, 1.165) is 0 Å². The standard InChI is InChI=1S/C21H20S2Si/c1-24(2,3)21-20(22-17-11-5-4-6-12-17)18-13-15-9-7-8-10-16(15)14-19(18)23-21/h4-14H,1-3H3.